The second-order valence-corrected chi connectivity index (χ2v) is 11.4. The predicted molar refractivity (Wildman–Crippen MR) is 150 cm³/mol. The van der Waals surface area contributed by atoms with Crippen molar-refractivity contribution in [1.29, 1.82) is 0 Å². The summed E-state index contributed by atoms with van der Waals surface area (Å²) in [6.07, 6.45) is 13.8. The molecule has 0 amide bonds. The Balaban J connectivity index is 1.26. The number of rotatable bonds is 11. The second kappa shape index (κ2) is 13.6. The third kappa shape index (κ3) is 8.09. The van der Waals surface area contributed by atoms with Gasteiger partial charge in [0.05, 0.1) is 13.0 Å². The predicted octanol–water partition coefficient (Wildman–Crippen LogP) is 10.3. The molecule has 2 aliphatic rings. The van der Waals surface area contributed by atoms with Crippen LogP contribution in [-0.4, -0.2) is 6.11 Å². The summed E-state index contributed by atoms with van der Waals surface area (Å²) in [7, 11) is 0. The van der Waals surface area contributed by atoms with Gasteiger partial charge < -0.3 is 4.74 Å². The summed E-state index contributed by atoms with van der Waals surface area (Å²) in [5.41, 5.74) is 2.90. The summed E-state index contributed by atoms with van der Waals surface area (Å²) in [6, 6.07) is 12.6. The van der Waals surface area contributed by atoms with Crippen molar-refractivity contribution in [3.05, 3.63) is 95.3 Å². The molecule has 206 valence electrons. The first-order chi connectivity index (χ1) is 18.4. The van der Waals surface area contributed by atoms with Crippen LogP contribution in [0.1, 0.15) is 105 Å². The van der Waals surface area contributed by atoms with Gasteiger partial charge in [0.15, 0.2) is 0 Å². The Labute approximate surface area is 227 Å². The second-order valence-electron chi connectivity index (χ2n) is 11.4. The minimum absolute atomic E-state index is 0.178. The van der Waals surface area contributed by atoms with Crippen molar-refractivity contribution >= 4 is 0 Å². The Bertz CT molecular complexity index is 1040. The van der Waals surface area contributed by atoms with Gasteiger partial charge in [0.25, 0.3) is 0 Å². The lowest BCUT2D eigenvalue weighted by atomic mass is 9.77. The first kappa shape index (κ1) is 28.7. The summed E-state index contributed by atoms with van der Waals surface area (Å²) in [5.74, 6) is 1.77. The fourth-order valence-electron chi connectivity index (χ4n) is 6.37. The van der Waals surface area contributed by atoms with Gasteiger partial charge in [-0.25, -0.2) is 4.39 Å². The highest BCUT2D eigenvalue weighted by atomic mass is 19.3. The highest BCUT2D eigenvalue weighted by molar-refractivity contribution is 5.28. The van der Waals surface area contributed by atoms with Gasteiger partial charge in [-0.1, -0.05) is 54.6 Å². The molecule has 0 spiro atoms. The molecule has 0 N–H and O–H groups in total. The van der Waals surface area contributed by atoms with Crippen LogP contribution in [0.2, 0.25) is 0 Å². The maximum Gasteiger partial charge on any atom is 0.360 e. The van der Waals surface area contributed by atoms with E-state index in [1.165, 1.54) is 30.9 Å². The molecule has 2 aromatic rings. The quantitative estimate of drug-likeness (QED) is 0.266. The summed E-state index contributed by atoms with van der Waals surface area (Å²) in [5, 5.41) is 0. The molecule has 2 aliphatic carbocycles. The van der Waals surface area contributed by atoms with Gasteiger partial charge in [-0.3, -0.25) is 0 Å². The van der Waals surface area contributed by atoms with E-state index in [-0.39, 0.29) is 5.56 Å². The van der Waals surface area contributed by atoms with E-state index in [1.807, 2.05) is 24.3 Å². The first-order valence-electron chi connectivity index (χ1n) is 14.5. The Morgan fingerprint density at radius 1 is 0.895 bits per heavy atom. The minimum atomic E-state index is -3.36. The number of allylic oxidation sites excluding steroid dienone is 3. The molecule has 2 aromatic carbocycles. The largest absolute Gasteiger partial charge is 0.360 e. The van der Waals surface area contributed by atoms with Gasteiger partial charge in [-0.2, -0.15) is 8.78 Å². The first-order valence-corrected chi connectivity index (χ1v) is 14.5. The number of hydrogen-bond acceptors (Lipinski definition) is 1. The van der Waals surface area contributed by atoms with Crippen molar-refractivity contribution in [1.82, 2.24) is 0 Å². The third-order valence-corrected chi connectivity index (χ3v) is 8.71. The Morgan fingerprint density at radius 2 is 1.53 bits per heavy atom. The van der Waals surface area contributed by atoms with Crippen LogP contribution in [0.15, 0.2) is 67.3 Å². The molecule has 2 fully saturated rings. The van der Waals surface area contributed by atoms with E-state index in [0.29, 0.717) is 23.3 Å². The van der Waals surface area contributed by atoms with Crippen LogP contribution in [-0.2, 0) is 17.8 Å². The van der Waals surface area contributed by atoms with Gasteiger partial charge in [0.1, 0.15) is 5.82 Å². The van der Waals surface area contributed by atoms with E-state index in [0.717, 1.165) is 56.4 Å². The van der Waals surface area contributed by atoms with Crippen molar-refractivity contribution in [3.63, 3.8) is 0 Å². The molecule has 0 heterocycles. The van der Waals surface area contributed by atoms with Gasteiger partial charge >= 0.3 is 6.11 Å². The zero-order valence-corrected chi connectivity index (χ0v) is 22.8. The highest BCUT2D eigenvalue weighted by Gasteiger charge is 2.31. The van der Waals surface area contributed by atoms with Crippen molar-refractivity contribution in [2.24, 2.45) is 11.8 Å². The van der Waals surface area contributed by atoms with Gasteiger partial charge in [0, 0.05) is 5.56 Å². The number of halogens is 3. The number of ether oxygens (including phenoxy) is 1. The standard InChI is InChI=1S/C34H43F3O/c1-3-5-7-26-10-16-30(17-11-26)31-20-21-32(33(35)22-31)24-38-34(36,37)23-27-12-18-29(19-13-27)28-14-8-25(6-4-2)9-15-28/h3-4,6,12-13,18-22,25-26,28,30H,1,5,7-11,14-17,23-24H2,2H3/b6-4+. The topological polar surface area (TPSA) is 9.23 Å². The van der Waals surface area contributed by atoms with Crippen molar-refractivity contribution in [2.75, 3.05) is 0 Å². The Kier molecular flexibility index (Phi) is 10.3. The van der Waals surface area contributed by atoms with Crippen LogP contribution in [0, 0.1) is 17.7 Å². The summed E-state index contributed by atoms with van der Waals surface area (Å²) >= 11 is 0. The zero-order valence-electron chi connectivity index (χ0n) is 22.8. The molecule has 0 unspecified atom stereocenters. The molecular weight excluding hydrogens is 481 g/mol. The van der Waals surface area contributed by atoms with E-state index >= 15 is 0 Å². The molecule has 0 bridgehead atoms. The van der Waals surface area contributed by atoms with E-state index in [4.69, 9.17) is 4.74 Å². The van der Waals surface area contributed by atoms with Crippen LogP contribution in [0.4, 0.5) is 13.2 Å². The summed E-state index contributed by atoms with van der Waals surface area (Å²) < 4.78 is 49.0. The molecule has 0 saturated heterocycles. The maximum atomic E-state index is 14.8. The van der Waals surface area contributed by atoms with Crippen molar-refractivity contribution in [3.8, 4) is 0 Å². The zero-order chi connectivity index (χ0) is 27.0. The molecule has 0 aromatic heterocycles. The fourth-order valence-corrected chi connectivity index (χ4v) is 6.37. The van der Waals surface area contributed by atoms with Gasteiger partial charge in [0.2, 0.25) is 0 Å². The highest BCUT2D eigenvalue weighted by Crippen LogP contribution is 2.39. The molecule has 4 rings (SSSR count). The maximum absolute atomic E-state index is 14.8. The number of benzene rings is 2. The Morgan fingerprint density at radius 3 is 2.16 bits per heavy atom. The SMILES string of the molecule is C=CCCC1CCC(c2ccc(COC(F)(F)Cc3ccc(C4CCC(/C=C/C)CC4)cc3)c(F)c2)CC1. The lowest BCUT2D eigenvalue weighted by molar-refractivity contribution is -0.244. The fraction of sp³-hybridized carbons (Fsp3) is 0.529. The minimum Gasteiger partial charge on any atom is -0.315 e. The Hall–Kier alpha value is -2.33. The lowest BCUT2D eigenvalue weighted by Crippen LogP contribution is -2.24. The third-order valence-electron chi connectivity index (χ3n) is 8.71. The van der Waals surface area contributed by atoms with Crippen LogP contribution in [0.3, 0.4) is 0 Å². The van der Waals surface area contributed by atoms with E-state index in [9.17, 15) is 13.2 Å². The average molecular weight is 525 g/mol. The van der Waals surface area contributed by atoms with Crippen LogP contribution in [0.5, 0.6) is 0 Å². The summed E-state index contributed by atoms with van der Waals surface area (Å²) in [4.78, 5) is 0. The monoisotopic (exact) mass is 524 g/mol. The van der Waals surface area contributed by atoms with Crippen LogP contribution < -0.4 is 0 Å². The van der Waals surface area contributed by atoms with E-state index in [2.05, 4.69) is 25.7 Å². The van der Waals surface area contributed by atoms with Gasteiger partial charge in [-0.05, 0) is 118 Å². The van der Waals surface area contributed by atoms with Crippen molar-refractivity contribution < 1.29 is 17.9 Å². The summed E-state index contributed by atoms with van der Waals surface area (Å²) in [6.45, 7) is 5.42. The molecule has 2 saturated carbocycles. The van der Waals surface area contributed by atoms with Gasteiger partial charge in [-0.15, -0.1) is 6.58 Å². The average Bonchev–Trinajstić information content (AvgIpc) is 2.92. The van der Waals surface area contributed by atoms with Crippen LogP contribution >= 0.6 is 0 Å². The number of alkyl halides is 2. The lowest BCUT2D eigenvalue weighted by Gasteiger charge is -2.29. The molecule has 4 heteroatoms. The molecule has 0 atom stereocenters. The molecule has 1 nitrogen and oxygen atoms in total. The molecule has 38 heavy (non-hydrogen) atoms. The normalized spacial score (nSPS) is 24.5. The molecule has 0 aliphatic heterocycles. The number of hydrogen-bond donors (Lipinski definition) is 0. The van der Waals surface area contributed by atoms with Crippen molar-refractivity contribution in [2.45, 2.75) is 102 Å². The smallest absolute Gasteiger partial charge is 0.315 e. The van der Waals surface area contributed by atoms with Crippen LogP contribution in [0.25, 0.3) is 0 Å². The molecular formula is C34H43F3O. The molecule has 0 radical (unpaired) electrons. The van der Waals surface area contributed by atoms with E-state index < -0.39 is 25.0 Å². The van der Waals surface area contributed by atoms with E-state index in [1.54, 1.807) is 18.2 Å².